The summed E-state index contributed by atoms with van der Waals surface area (Å²) in [5.74, 6) is -0.245. The minimum Gasteiger partial charge on any atom is -0.481 e. The second kappa shape index (κ2) is 7.85. The molecule has 2 rings (SSSR count). The number of carboxylic acids is 1. The van der Waals surface area contributed by atoms with Crippen molar-refractivity contribution in [2.45, 2.75) is 11.6 Å². The van der Waals surface area contributed by atoms with Crippen LogP contribution in [0.3, 0.4) is 0 Å². The maximum Gasteiger partial charge on any atom is 0.313 e. The molecule has 110 valence electrons. The first-order chi connectivity index (χ1) is 10.1. The van der Waals surface area contributed by atoms with Gasteiger partial charge in [-0.1, -0.05) is 35.5 Å². The molecule has 1 aromatic heterocycles. The van der Waals surface area contributed by atoms with Crippen LogP contribution in [0, 0.1) is 0 Å². The van der Waals surface area contributed by atoms with Crippen molar-refractivity contribution in [1.82, 2.24) is 9.97 Å². The number of nitrogens with one attached hydrogen (secondary N) is 1. The zero-order valence-corrected chi connectivity index (χ0v) is 12.7. The van der Waals surface area contributed by atoms with Crippen LogP contribution in [0.4, 0.5) is 5.82 Å². The molecule has 5 nitrogen and oxygen atoms in total. The average Bonchev–Trinajstić information content (AvgIpc) is 2.48. The Kier molecular flexibility index (Phi) is 5.83. The van der Waals surface area contributed by atoms with Gasteiger partial charge in [-0.25, -0.2) is 9.97 Å². The van der Waals surface area contributed by atoms with Crippen molar-refractivity contribution in [3.8, 4) is 0 Å². The summed E-state index contributed by atoms with van der Waals surface area (Å²) in [5, 5.41) is 13.0. The van der Waals surface area contributed by atoms with E-state index in [1.54, 1.807) is 12.3 Å². The van der Waals surface area contributed by atoms with Gasteiger partial charge in [0.25, 0.3) is 0 Å². The first-order valence-electron chi connectivity index (χ1n) is 6.29. The minimum absolute atomic E-state index is 0.0474. The lowest BCUT2D eigenvalue weighted by atomic mass is 10.1. The van der Waals surface area contributed by atoms with Gasteiger partial charge in [0.05, 0.1) is 5.75 Å². The molecule has 0 radical (unpaired) electrons. The number of aliphatic carboxylic acids is 1. The predicted octanol–water partition coefficient (Wildman–Crippen LogP) is 2.96. The highest BCUT2D eigenvalue weighted by Crippen LogP contribution is 2.14. The summed E-state index contributed by atoms with van der Waals surface area (Å²) >= 11 is 6.93. The SMILES string of the molecule is O=C(O)CSc1nccc(NCCc2ccc(Cl)cc2)n1. The van der Waals surface area contributed by atoms with Crippen LogP contribution in [-0.4, -0.2) is 33.3 Å². The van der Waals surface area contributed by atoms with Gasteiger partial charge in [-0.3, -0.25) is 4.79 Å². The van der Waals surface area contributed by atoms with Gasteiger partial charge >= 0.3 is 5.97 Å². The second-order valence-corrected chi connectivity index (χ2v) is 5.59. The molecular formula is C14H14ClN3O2S. The lowest BCUT2D eigenvalue weighted by Gasteiger charge is -2.06. The van der Waals surface area contributed by atoms with Crippen LogP contribution in [0.25, 0.3) is 0 Å². The van der Waals surface area contributed by atoms with E-state index in [0.717, 1.165) is 29.8 Å². The number of carboxylic acid groups (broad SMARTS) is 1. The number of halogens is 1. The highest BCUT2D eigenvalue weighted by Gasteiger charge is 2.03. The Morgan fingerprint density at radius 1 is 1.29 bits per heavy atom. The van der Waals surface area contributed by atoms with E-state index < -0.39 is 5.97 Å². The lowest BCUT2D eigenvalue weighted by molar-refractivity contribution is -0.133. The van der Waals surface area contributed by atoms with Gasteiger partial charge in [-0.2, -0.15) is 0 Å². The van der Waals surface area contributed by atoms with Crippen LogP contribution >= 0.6 is 23.4 Å². The molecule has 0 spiro atoms. The number of hydrogen-bond acceptors (Lipinski definition) is 5. The van der Waals surface area contributed by atoms with Crippen molar-refractivity contribution in [3.63, 3.8) is 0 Å². The Bertz CT molecular complexity index is 607. The minimum atomic E-state index is -0.885. The molecular weight excluding hydrogens is 310 g/mol. The van der Waals surface area contributed by atoms with E-state index in [0.29, 0.717) is 11.0 Å². The highest BCUT2D eigenvalue weighted by atomic mass is 35.5. The van der Waals surface area contributed by atoms with Crippen molar-refractivity contribution >= 4 is 35.1 Å². The molecule has 0 saturated heterocycles. The molecule has 21 heavy (non-hydrogen) atoms. The molecule has 0 bridgehead atoms. The summed E-state index contributed by atoms with van der Waals surface area (Å²) in [7, 11) is 0. The summed E-state index contributed by atoms with van der Waals surface area (Å²) < 4.78 is 0. The van der Waals surface area contributed by atoms with Gasteiger partial charge < -0.3 is 10.4 Å². The quantitative estimate of drug-likeness (QED) is 0.602. The van der Waals surface area contributed by atoms with Crippen molar-refractivity contribution in [2.24, 2.45) is 0 Å². The van der Waals surface area contributed by atoms with E-state index in [2.05, 4.69) is 15.3 Å². The second-order valence-electron chi connectivity index (χ2n) is 4.21. The molecule has 0 fully saturated rings. The number of nitrogens with zero attached hydrogens (tertiary/aromatic N) is 2. The van der Waals surface area contributed by atoms with Crippen molar-refractivity contribution < 1.29 is 9.90 Å². The van der Waals surface area contributed by atoms with Crippen molar-refractivity contribution in [2.75, 3.05) is 17.6 Å². The highest BCUT2D eigenvalue weighted by molar-refractivity contribution is 7.99. The number of benzene rings is 1. The van der Waals surface area contributed by atoms with Crippen LogP contribution in [0.15, 0.2) is 41.7 Å². The summed E-state index contributed by atoms with van der Waals surface area (Å²) in [6.45, 7) is 0.724. The third kappa shape index (κ3) is 5.61. The monoisotopic (exact) mass is 323 g/mol. The number of anilines is 1. The third-order valence-electron chi connectivity index (χ3n) is 2.59. The molecule has 0 atom stereocenters. The van der Waals surface area contributed by atoms with E-state index in [4.69, 9.17) is 16.7 Å². The molecule has 2 N–H and O–H groups in total. The molecule has 0 amide bonds. The van der Waals surface area contributed by atoms with Gasteiger partial charge in [0.15, 0.2) is 5.16 Å². The molecule has 0 aliphatic carbocycles. The molecule has 0 aliphatic rings. The van der Waals surface area contributed by atoms with Gasteiger partial charge in [-0.15, -0.1) is 0 Å². The Morgan fingerprint density at radius 2 is 2.05 bits per heavy atom. The number of rotatable bonds is 7. The van der Waals surface area contributed by atoms with E-state index in [1.807, 2.05) is 24.3 Å². The fourth-order valence-electron chi connectivity index (χ4n) is 1.62. The smallest absolute Gasteiger partial charge is 0.313 e. The molecule has 1 heterocycles. The third-order valence-corrected chi connectivity index (χ3v) is 3.69. The summed E-state index contributed by atoms with van der Waals surface area (Å²) in [6.07, 6.45) is 2.46. The molecule has 0 unspecified atom stereocenters. The zero-order chi connectivity index (χ0) is 15.1. The summed E-state index contributed by atoms with van der Waals surface area (Å²) in [6, 6.07) is 9.45. The van der Waals surface area contributed by atoms with Crippen LogP contribution in [0.5, 0.6) is 0 Å². The normalized spacial score (nSPS) is 10.3. The first-order valence-corrected chi connectivity index (χ1v) is 7.66. The number of aromatic nitrogens is 2. The van der Waals surface area contributed by atoms with Crippen LogP contribution in [0.1, 0.15) is 5.56 Å². The predicted molar refractivity (Wildman–Crippen MR) is 84.0 cm³/mol. The van der Waals surface area contributed by atoms with Crippen LogP contribution in [-0.2, 0) is 11.2 Å². The van der Waals surface area contributed by atoms with E-state index in [1.165, 1.54) is 5.56 Å². The zero-order valence-electron chi connectivity index (χ0n) is 11.1. The van der Waals surface area contributed by atoms with E-state index in [9.17, 15) is 4.79 Å². The number of thioether (sulfide) groups is 1. The Morgan fingerprint density at radius 3 is 2.76 bits per heavy atom. The molecule has 1 aromatic carbocycles. The van der Waals surface area contributed by atoms with Gasteiger partial charge in [0.1, 0.15) is 5.82 Å². The topological polar surface area (TPSA) is 75.1 Å². The number of carbonyl (C=O) groups is 1. The standard InChI is InChI=1S/C14H14ClN3O2S/c15-11-3-1-10(2-4-11)5-7-16-12-6-8-17-14(18-12)21-9-13(19)20/h1-4,6,8H,5,7,9H2,(H,19,20)(H,16,17,18). The maximum absolute atomic E-state index is 10.5. The molecule has 0 saturated carbocycles. The van der Waals surface area contributed by atoms with E-state index >= 15 is 0 Å². The Balaban J connectivity index is 1.83. The Hall–Kier alpha value is -1.79. The van der Waals surface area contributed by atoms with Gasteiger partial charge in [0, 0.05) is 17.8 Å². The van der Waals surface area contributed by atoms with Crippen LogP contribution < -0.4 is 5.32 Å². The van der Waals surface area contributed by atoms with Gasteiger partial charge in [0.2, 0.25) is 0 Å². The van der Waals surface area contributed by atoms with Crippen LogP contribution in [0.2, 0.25) is 5.02 Å². The van der Waals surface area contributed by atoms with Crippen molar-refractivity contribution in [3.05, 3.63) is 47.1 Å². The number of hydrogen-bond donors (Lipinski definition) is 2. The maximum atomic E-state index is 10.5. The molecule has 7 heteroatoms. The Labute approximate surface area is 131 Å². The summed E-state index contributed by atoms with van der Waals surface area (Å²) in [4.78, 5) is 18.8. The van der Waals surface area contributed by atoms with Crippen molar-refractivity contribution in [1.29, 1.82) is 0 Å². The van der Waals surface area contributed by atoms with Gasteiger partial charge in [-0.05, 0) is 30.2 Å². The fraction of sp³-hybridized carbons (Fsp3) is 0.214. The molecule has 2 aromatic rings. The summed E-state index contributed by atoms with van der Waals surface area (Å²) in [5.41, 5.74) is 1.18. The average molecular weight is 324 g/mol. The van der Waals surface area contributed by atoms with E-state index in [-0.39, 0.29) is 5.75 Å². The molecule has 0 aliphatic heterocycles. The largest absolute Gasteiger partial charge is 0.481 e. The fourth-order valence-corrected chi connectivity index (χ4v) is 2.30. The first kappa shape index (κ1) is 15.6. The lowest BCUT2D eigenvalue weighted by Crippen LogP contribution is -2.07.